The van der Waals surface area contributed by atoms with Gasteiger partial charge in [-0.2, -0.15) is 0 Å². The van der Waals surface area contributed by atoms with Crippen LogP contribution in [0.2, 0.25) is 0 Å². The van der Waals surface area contributed by atoms with Crippen molar-refractivity contribution in [2.75, 3.05) is 6.61 Å². The van der Waals surface area contributed by atoms with E-state index in [-0.39, 0.29) is 0 Å². The molecule has 1 aliphatic rings. The van der Waals surface area contributed by atoms with Crippen molar-refractivity contribution in [1.29, 1.82) is 0 Å². The molecule has 0 N–H and O–H groups in total. The molecule has 0 fully saturated rings. The topological polar surface area (TPSA) is 9.23 Å². The molecule has 2 rings (SSSR count). The summed E-state index contributed by atoms with van der Waals surface area (Å²) in [5, 5.41) is 0. The number of allylic oxidation sites excluding steroid dienone is 2. The maximum Gasteiger partial charge on any atom is 0.0717 e. The number of hydrogen-bond donors (Lipinski definition) is 0. The van der Waals surface area contributed by atoms with Crippen LogP contribution >= 0.6 is 0 Å². The average molecular weight is 201 g/mol. The lowest BCUT2D eigenvalue weighted by molar-refractivity contribution is 0.0836. The number of benzene rings is 1. The third-order valence-corrected chi connectivity index (χ3v) is 2.76. The normalized spacial score (nSPS) is 20.4. The van der Waals surface area contributed by atoms with Gasteiger partial charge in [0.2, 0.25) is 0 Å². The van der Waals surface area contributed by atoms with Crippen molar-refractivity contribution in [3.63, 3.8) is 0 Å². The first-order chi connectivity index (χ1) is 7.45. The Hall–Kier alpha value is -1.08. The van der Waals surface area contributed by atoms with E-state index in [9.17, 15) is 0 Å². The Labute approximate surface area is 91.8 Å². The van der Waals surface area contributed by atoms with E-state index in [2.05, 4.69) is 36.4 Å². The van der Waals surface area contributed by atoms with E-state index in [1.54, 1.807) is 0 Å². The van der Waals surface area contributed by atoms with Crippen molar-refractivity contribution < 1.29 is 4.74 Å². The summed E-state index contributed by atoms with van der Waals surface area (Å²) in [4.78, 5) is 0. The van der Waals surface area contributed by atoms with Crippen molar-refractivity contribution in [2.45, 2.75) is 25.9 Å². The summed E-state index contributed by atoms with van der Waals surface area (Å²) in [6.45, 7) is 1.62. The summed E-state index contributed by atoms with van der Waals surface area (Å²) in [6.07, 6.45) is 8.85. The molecule has 0 saturated heterocycles. The van der Waals surface area contributed by atoms with Crippen LogP contribution in [0.1, 0.15) is 24.8 Å². The van der Waals surface area contributed by atoms with Crippen LogP contribution in [-0.2, 0) is 11.3 Å². The molecule has 1 aliphatic carbocycles. The fourth-order valence-corrected chi connectivity index (χ4v) is 1.83. The Kier molecular flexibility index (Phi) is 3.98. The minimum absolute atomic E-state index is 0.704. The van der Waals surface area contributed by atoms with E-state index < -0.39 is 0 Å². The Morgan fingerprint density at radius 3 is 2.87 bits per heavy atom. The van der Waals surface area contributed by atoms with Gasteiger partial charge in [0.05, 0.1) is 13.2 Å². The molecule has 0 spiro atoms. The molecule has 1 radical (unpaired) electrons. The lowest BCUT2D eigenvalue weighted by atomic mass is 9.95. The molecule has 1 unspecified atom stereocenters. The average Bonchev–Trinajstić information content (AvgIpc) is 2.32. The predicted molar refractivity (Wildman–Crippen MR) is 61.3 cm³/mol. The van der Waals surface area contributed by atoms with Gasteiger partial charge in [0.1, 0.15) is 0 Å². The van der Waals surface area contributed by atoms with Crippen molar-refractivity contribution in [1.82, 2.24) is 0 Å². The highest BCUT2D eigenvalue weighted by molar-refractivity contribution is 5.13. The maximum absolute atomic E-state index is 5.71. The Morgan fingerprint density at radius 1 is 1.27 bits per heavy atom. The van der Waals surface area contributed by atoms with Gasteiger partial charge in [-0.25, -0.2) is 0 Å². The molecule has 0 aliphatic heterocycles. The molecule has 0 aromatic heterocycles. The van der Waals surface area contributed by atoms with Gasteiger partial charge in [0, 0.05) is 0 Å². The lowest BCUT2D eigenvalue weighted by Gasteiger charge is -2.17. The molecule has 15 heavy (non-hydrogen) atoms. The number of rotatable bonds is 4. The zero-order valence-corrected chi connectivity index (χ0v) is 8.99. The Morgan fingerprint density at radius 2 is 2.13 bits per heavy atom. The summed E-state index contributed by atoms with van der Waals surface area (Å²) < 4.78 is 5.71. The second-order valence-corrected chi connectivity index (χ2v) is 4.05. The van der Waals surface area contributed by atoms with Gasteiger partial charge in [-0.1, -0.05) is 36.4 Å². The van der Waals surface area contributed by atoms with Gasteiger partial charge >= 0.3 is 0 Å². The van der Waals surface area contributed by atoms with Crippen LogP contribution in [0.5, 0.6) is 0 Å². The summed E-state index contributed by atoms with van der Waals surface area (Å²) >= 11 is 0. The minimum Gasteiger partial charge on any atom is -0.376 e. The first kappa shape index (κ1) is 10.4. The van der Waals surface area contributed by atoms with Crippen molar-refractivity contribution >= 4 is 0 Å². The van der Waals surface area contributed by atoms with E-state index >= 15 is 0 Å². The van der Waals surface area contributed by atoms with Crippen LogP contribution in [-0.4, -0.2) is 6.61 Å². The monoisotopic (exact) mass is 201 g/mol. The SMILES string of the molecule is [C]1=CCC(COCc2ccccc2)CC1. The summed E-state index contributed by atoms with van der Waals surface area (Å²) in [7, 11) is 0. The molecule has 1 atom stereocenters. The lowest BCUT2D eigenvalue weighted by Crippen LogP contribution is -2.11. The number of hydrogen-bond acceptors (Lipinski definition) is 1. The van der Waals surface area contributed by atoms with Gasteiger partial charge in [-0.3, -0.25) is 0 Å². The van der Waals surface area contributed by atoms with Gasteiger partial charge in [0.15, 0.2) is 0 Å². The molecule has 0 saturated carbocycles. The van der Waals surface area contributed by atoms with E-state index in [1.807, 2.05) is 6.07 Å². The first-order valence-corrected chi connectivity index (χ1v) is 5.62. The van der Waals surface area contributed by atoms with Gasteiger partial charge in [-0.05, 0) is 36.8 Å². The molecule has 1 nitrogen and oxygen atoms in total. The van der Waals surface area contributed by atoms with Crippen molar-refractivity contribution in [3.8, 4) is 0 Å². The third kappa shape index (κ3) is 3.52. The third-order valence-electron chi connectivity index (χ3n) is 2.76. The molecule has 79 valence electrons. The van der Waals surface area contributed by atoms with E-state index in [0.717, 1.165) is 26.1 Å². The molecule has 0 heterocycles. The second-order valence-electron chi connectivity index (χ2n) is 4.05. The minimum atomic E-state index is 0.704. The number of ether oxygens (including phenoxy) is 1. The van der Waals surface area contributed by atoms with Crippen molar-refractivity contribution in [2.24, 2.45) is 5.92 Å². The van der Waals surface area contributed by atoms with E-state index in [0.29, 0.717) is 5.92 Å². The van der Waals surface area contributed by atoms with Crippen LogP contribution in [0.3, 0.4) is 0 Å². The summed E-state index contributed by atoms with van der Waals surface area (Å²) in [5.74, 6) is 0.704. The fraction of sp³-hybridized carbons (Fsp3) is 0.429. The smallest absolute Gasteiger partial charge is 0.0717 e. The summed E-state index contributed by atoms with van der Waals surface area (Å²) in [5.41, 5.74) is 1.26. The molecular weight excluding hydrogens is 184 g/mol. The highest BCUT2D eigenvalue weighted by Crippen LogP contribution is 2.18. The van der Waals surface area contributed by atoms with Gasteiger partial charge in [0.25, 0.3) is 0 Å². The van der Waals surface area contributed by atoms with Crippen LogP contribution in [0.4, 0.5) is 0 Å². The highest BCUT2D eigenvalue weighted by Gasteiger charge is 2.09. The molecular formula is C14H17O. The van der Waals surface area contributed by atoms with Crippen LogP contribution in [0, 0.1) is 12.0 Å². The zero-order chi connectivity index (χ0) is 10.3. The highest BCUT2D eigenvalue weighted by atomic mass is 16.5. The summed E-state index contributed by atoms with van der Waals surface area (Å²) in [6, 6.07) is 10.3. The Bertz CT molecular complexity index is 302. The van der Waals surface area contributed by atoms with Crippen LogP contribution < -0.4 is 0 Å². The quantitative estimate of drug-likeness (QED) is 0.725. The van der Waals surface area contributed by atoms with E-state index in [4.69, 9.17) is 4.74 Å². The molecule has 1 aromatic carbocycles. The molecule has 0 bridgehead atoms. The maximum atomic E-state index is 5.71. The van der Waals surface area contributed by atoms with E-state index in [1.165, 1.54) is 12.0 Å². The van der Waals surface area contributed by atoms with Crippen LogP contribution in [0.15, 0.2) is 36.4 Å². The molecule has 0 amide bonds. The zero-order valence-electron chi connectivity index (χ0n) is 8.99. The largest absolute Gasteiger partial charge is 0.376 e. The second kappa shape index (κ2) is 5.72. The van der Waals surface area contributed by atoms with Gasteiger partial charge < -0.3 is 4.74 Å². The van der Waals surface area contributed by atoms with Crippen molar-refractivity contribution in [3.05, 3.63) is 48.0 Å². The molecule has 1 aromatic rings. The fourth-order valence-electron chi connectivity index (χ4n) is 1.83. The van der Waals surface area contributed by atoms with Gasteiger partial charge in [-0.15, -0.1) is 0 Å². The standard InChI is InChI=1S/C14H17O/c1-3-7-13(8-4-1)11-15-12-14-9-5-2-6-10-14/h1,3-5,7-8,14H,6,9-12H2. The predicted octanol–water partition coefficient (Wildman–Crippen LogP) is 3.36. The van der Waals surface area contributed by atoms with Crippen LogP contribution in [0.25, 0.3) is 0 Å². The molecule has 1 heteroatoms. The first-order valence-electron chi connectivity index (χ1n) is 5.62. The Balaban J connectivity index is 1.68.